The molecule has 114 valence electrons. The number of hydrogen-bond acceptors (Lipinski definition) is 3. The molecule has 1 aliphatic carbocycles. The average molecular weight is 307 g/mol. The molecule has 0 heterocycles. The van der Waals surface area contributed by atoms with Crippen molar-refractivity contribution in [3.63, 3.8) is 0 Å². The van der Waals surface area contributed by atoms with Crippen LogP contribution in [0.3, 0.4) is 0 Å². The largest absolute Gasteiger partial charge is 0.359 e. The molecule has 1 aromatic carbocycles. The zero-order chi connectivity index (χ0) is 15.4. The monoisotopic (exact) mass is 307 g/mol. The molecule has 6 heteroatoms. The van der Waals surface area contributed by atoms with Crippen LogP contribution in [0.2, 0.25) is 0 Å². The molecule has 0 saturated heterocycles. The zero-order valence-electron chi connectivity index (χ0n) is 12.3. The summed E-state index contributed by atoms with van der Waals surface area (Å²) in [5.41, 5.74) is 0.837. The van der Waals surface area contributed by atoms with Crippen molar-refractivity contribution in [3.05, 3.63) is 34.4 Å². The van der Waals surface area contributed by atoms with E-state index in [-0.39, 0.29) is 5.69 Å². The van der Waals surface area contributed by atoms with Crippen LogP contribution >= 0.6 is 12.2 Å². The quantitative estimate of drug-likeness (QED) is 0.506. The Morgan fingerprint density at radius 2 is 1.95 bits per heavy atom. The van der Waals surface area contributed by atoms with E-state index in [2.05, 4.69) is 24.5 Å². The molecule has 0 aromatic heterocycles. The van der Waals surface area contributed by atoms with Crippen molar-refractivity contribution in [2.75, 3.05) is 5.32 Å². The maximum absolute atomic E-state index is 10.6. The molecule has 1 saturated carbocycles. The van der Waals surface area contributed by atoms with Crippen molar-refractivity contribution < 1.29 is 4.92 Å². The van der Waals surface area contributed by atoms with Crippen LogP contribution in [-0.4, -0.2) is 16.1 Å². The lowest BCUT2D eigenvalue weighted by Gasteiger charge is -2.35. The number of anilines is 1. The highest BCUT2D eigenvalue weighted by molar-refractivity contribution is 7.80. The van der Waals surface area contributed by atoms with E-state index in [0.29, 0.717) is 23.0 Å². The Morgan fingerprint density at radius 3 is 2.57 bits per heavy atom. The summed E-state index contributed by atoms with van der Waals surface area (Å²) in [5, 5.41) is 17.6. The fraction of sp³-hybridized carbons (Fsp3) is 0.533. The Hall–Kier alpha value is -1.69. The van der Waals surface area contributed by atoms with E-state index in [0.717, 1.165) is 12.1 Å². The third-order valence-corrected chi connectivity index (χ3v) is 4.58. The molecule has 0 amide bonds. The highest BCUT2D eigenvalue weighted by atomic mass is 32.1. The molecule has 5 nitrogen and oxygen atoms in total. The Morgan fingerprint density at radius 1 is 1.29 bits per heavy atom. The van der Waals surface area contributed by atoms with E-state index >= 15 is 0 Å². The normalized spacial score (nSPS) is 25.1. The molecular formula is C15H21N3O2S. The van der Waals surface area contributed by atoms with Gasteiger partial charge in [-0.3, -0.25) is 10.1 Å². The minimum atomic E-state index is -0.411. The summed E-state index contributed by atoms with van der Waals surface area (Å²) < 4.78 is 0. The van der Waals surface area contributed by atoms with Crippen molar-refractivity contribution in [2.24, 2.45) is 11.8 Å². The Kier molecular flexibility index (Phi) is 5.12. The second-order valence-corrected chi connectivity index (χ2v) is 6.18. The highest BCUT2D eigenvalue weighted by Crippen LogP contribution is 2.29. The van der Waals surface area contributed by atoms with Crippen LogP contribution in [0, 0.1) is 22.0 Å². The number of nitro groups is 1. The minimum absolute atomic E-state index is 0.0779. The highest BCUT2D eigenvalue weighted by Gasteiger charge is 2.27. The van der Waals surface area contributed by atoms with E-state index in [1.807, 2.05) is 0 Å². The fourth-order valence-electron chi connectivity index (χ4n) is 2.79. The minimum Gasteiger partial charge on any atom is -0.359 e. The van der Waals surface area contributed by atoms with Gasteiger partial charge < -0.3 is 10.6 Å². The Balaban J connectivity index is 1.90. The third kappa shape index (κ3) is 4.14. The number of nitrogens with one attached hydrogen (secondary N) is 2. The zero-order valence-corrected chi connectivity index (χ0v) is 13.2. The van der Waals surface area contributed by atoms with Gasteiger partial charge in [0.2, 0.25) is 0 Å². The maximum atomic E-state index is 10.6. The second kappa shape index (κ2) is 6.85. The van der Waals surface area contributed by atoms with E-state index in [1.54, 1.807) is 12.1 Å². The van der Waals surface area contributed by atoms with Gasteiger partial charge in [-0.1, -0.05) is 26.7 Å². The van der Waals surface area contributed by atoms with Crippen LogP contribution in [0.1, 0.15) is 33.1 Å². The lowest BCUT2D eigenvalue weighted by atomic mass is 9.78. The number of nitro benzene ring substituents is 1. The van der Waals surface area contributed by atoms with E-state index in [4.69, 9.17) is 12.2 Å². The molecule has 0 spiro atoms. The van der Waals surface area contributed by atoms with E-state index in [1.165, 1.54) is 25.0 Å². The van der Waals surface area contributed by atoms with Gasteiger partial charge in [0.05, 0.1) is 4.92 Å². The molecule has 0 bridgehead atoms. The fourth-order valence-corrected chi connectivity index (χ4v) is 3.06. The van der Waals surface area contributed by atoms with Crippen LogP contribution in [0.25, 0.3) is 0 Å². The van der Waals surface area contributed by atoms with Gasteiger partial charge in [0.1, 0.15) is 0 Å². The van der Waals surface area contributed by atoms with Crippen molar-refractivity contribution >= 4 is 28.7 Å². The average Bonchev–Trinajstić information content (AvgIpc) is 2.44. The first-order valence-corrected chi connectivity index (χ1v) is 7.70. The molecular weight excluding hydrogens is 286 g/mol. The topological polar surface area (TPSA) is 67.2 Å². The molecule has 1 aliphatic rings. The van der Waals surface area contributed by atoms with Crippen molar-refractivity contribution in [1.82, 2.24) is 5.32 Å². The maximum Gasteiger partial charge on any atom is 0.269 e. The lowest BCUT2D eigenvalue weighted by Crippen LogP contribution is -2.45. The molecule has 0 unspecified atom stereocenters. The van der Waals surface area contributed by atoms with Gasteiger partial charge in [-0.25, -0.2) is 0 Å². The molecule has 1 fully saturated rings. The Bertz CT molecular complexity index is 518. The van der Waals surface area contributed by atoms with Gasteiger partial charge >= 0.3 is 0 Å². The third-order valence-electron chi connectivity index (χ3n) is 4.36. The van der Waals surface area contributed by atoms with Gasteiger partial charge in [-0.05, 0) is 42.6 Å². The van der Waals surface area contributed by atoms with Crippen LogP contribution in [0.15, 0.2) is 24.3 Å². The van der Waals surface area contributed by atoms with Gasteiger partial charge in [0.15, 0.2) is 5.11 Å². The van der Waals surface area contributed by atoms with Gasteiger partial charge in [0, 0.05) is 23.9 Å². The lowest BCUT2D eigenvalue weighted by molar-refractivity contribution is -0.384. The molecule has 2 rings (SSSR count). The van der Waals surface area contributed by atoms with Gasteiger partial charge in [0.25, 0.3) is 5.69 Å². The number of benzene rings is 1. The van der Waals surface area contributed by atoms with E-state index < -0.39 is 4.92 Å². The number of hydrogen-bond donors (Lipinski definition) is 2. The summed E-state index contributed by atoms with van der Waals surface area (Å²) in [6.07, 6.45) is 3.64. The molecule has 1 aromatic rings. The standard InChI is InChI=1S/C15H21N3O2S/c1-10-4-3-5-14(11(10)2)17-15(21)16-12-6-8-13(9-7-12)18(19)20/h6-11,14H,3-5H2,1-2H3,(H2,16,17,21)/t10-,11+,14+/m1/s1. The summed E-state index contributed by atoms with van der Waals surface area (Å²) in [7, 11) is 0. The summed E-state index contributed by atoms with van der Waals surface area (Å²) in [6.45, 7) is 4.54. The summed E-state index contributed by atoms with van der Waals surface area (Å²) in [5.74, 6) is 1.30. The number of non-ortho nitro benzene ring substituents is 1. The molecule has 0 aliphatic heterocycles. The van der Waals surface area contributed by atoms with Gasteiger partial charge in [-0.15, -0.1) is 0 Å². The van der Waals surface area contributed by atoms with Crippen LogP contribution in [0.5, 0.6) is 0 Å². The molecule has 3 atom stereocenters. The van der Waals surface area contributed by atoms with Crippen LogP contribution in [0.4, 0.5) is 11.4 Å². The van der Waals surface area contributed by atoms with Crippen molar-refractivity contribution in [3.8, 4) is 0 Å². The summed E-state index contributed by atoms with van der Waals surface area (Å²) in [6, 6.07) is 6.66. The number of nitrogens with zero attached hydrogens (tertiary/aromatic N) is 1. The first-order valence-electron chi connectivity index (χ1n) is 7.29. The molecule has 2 N–H and O–H groups in total. The second-order valence-electron chi connectivity index (χ2n) is 5.78. The molecule has 0 radical (unpaired) electrons. The first kappa shape index (κ1) is 15.7. The van der Waals surface area contributed by atoms with Gasteiger partial charge in [-0.2, -0.15) is 0 Å². The van der Waals surface area contributed by atoms with E-state index in [9.17, 15) is 10.1 Å². The Labute approximate surface area is 130 Å². The van der Waals surface area contributed by atoms with Crippen molar-refractivity contribution in [1.29, 1.82) is 0 Å². The number of thiocarbonyl (C=S) groups is 1. The van der Waals surface area contributed by atoms with Crippen molar-refractivity contribution in [2.45, 2.75) is 39.2 Å². The summed E-state index contributed by atoms with van der Waals surface area (Å²) >= 11 is 5.34. The number of rotatable bonds is 3. The smallest absolute Gasteiger partial charge is 0.269 e. The van der Waals surface area contributed by atoms with Crippen LogP contribution in [-0.2, 0) is 0 Å². The predicted molar refractivity (Wildman–Crippen MR) is 88.4 cm³/mol. The first-order chi connectivity index (χ1) is 9.97. The molecule has 21 heavy (non-hydrogen) atoms. The SMILES string of the molecule is C[C@H]1[C@H](C)CCC[C@@H]1NC(=S)Nc1ccc([N+](=O)[O-])cc1. The summed E-state index contributed by atoms with van der Waals surface area (Å²) in [4.78, 5) is 10.2. The van der Waals surface area contributed by atoms with Crippen LogP contribution < -0.4 is 10.6 Å². The predicted octanol–water partition coefficient (Wildman–Crippen LogP) is 3.71.